The Morgan fingerprint density at radius 2 is 2.00 bits per heavy atom. The van der Waals surface area contributed by atoms with Crippen LogP contribution in [0, 0.1) is 0 Å². The Kier molecular flexibility index (Phi) is 6.07. The van der Waals surface area contributed by atoms with E-state index in [0.717, 1.165) is 10.2 Å². The fourth-order valence-corrected chi connectivity index (χ4v) is 1.30. The molecule has 0 aliphatic rings. The fraction of sp³-hybridized carbons (Fsp3) is 0.364. The van der Waals surface area contributed by atoms with Crippen molar-refractivity contribution in [1.82, 2.24) is 0 Å². The van der Waals surface area contributed by atoms with Gasteiger partial charge in [-0.2, -0.15) is 0 Å². The summed E-state index contributed by atoms with van der Waals surface area (Å²) in [7, 11) is 1.59. The summed E-state index contributed by atoms with van der Waals surface area (Å²) in [5.41, 5.74) is 0.753. The van der Waals surface area contributed by atoms with Crippen molar-refractivity contribution >= 4 is 27.5 Å². The summed E-state index contributed by atoms with van der Waals surface area (Å²) in [6.45, 7) is 0.954. The molecule has 0 saturated carbocycles. The molecule has 1 rings (SSSR count). The van der Waals surface area contributed by atoms with E-state index in [-0.39, 0.29) is 12.5 Å². The maximum absolute atomic E-state index is 11.4. The third-order valence-corrected chi connectivity index (χ3v) is 2.32. The lowest BCUT2D eigenvalue weighted by atomic mass is 10.3. The highest BCUT2D eigenvalue weighted by Gasteiger charge is 2.01. The number of carbonyl (C=O) groups is 1. The van der Waals surface area contributed by atoms with Crippen LogP contribution >= 0.6 is 15.9 Å². The predicted octanol–water partition coefficient (Wildman–Crippen LogP) is 2.05. The van der Waals surface area contributed by atoms with Crippen molar-refractivity contribution in [2.24, 2.45) is 0 Å². The van der Waals surface area contributed by atoms with Crippen molar-refractivity contribution in [3.05, 3.63) is 28.7 Å². The molecule has 0 heterocycles. The van der Waals surface area contributed by atoms with Crippen LogP contribution in [-0.4, -0.2) is 32.8 Å². The summed E-state index contributed by atoms with van der Waals surface area (Å²) in [4.78, 5) is 11.4. The number of nitrogens with one attached hydrogen (secondary N) is 1. The topological polar surface area (TPSA) is 47.6 Å². The monoisotopic (exact) mass is 287 g/mol. The zero-order valence-electron chi connectivity index (χ0n) is 9.03. The van der Waals surface area contributed by atoms with Gasteiger partial charge in [0.15, 0.2) is 0 Å². The van der Waals surface area contributed by atoms with E-state index in [4.69, 9.17) is 9.47 Å². The molecule has 88 valence electrons. The molecule has 1 N–H and O–H groups in total. The molecule has 0 atom stereocenters. The van der Waals surface area contributed by atoms with E-state index in [1.54, 1.807) is 7.11 Å². The largest absolute Gasteiger partial charge is 0.382 e. The first-order valence-electron chi connectivity index (χ1n) is 4.84. The van der Waals surface area contributed by atoms with Crippen molar-refractivity contribution in [3.8, 4) is 0 Å². The molecule has 0 saturated heterocycles. The highest BCUT2D eigenvalue weighted by Crippen LogP contribution is 2.13. The second-order valence-corrected chi connectivity index (χ2v) is 4.02. The van der Waals surface area contributed by atoms with Gasteiger partial charge in [-0.05, 0) is 24.3 Å². The van der Waals surface area contributed by atoms with Crippen LogP contribution in [0.3, 0.4) is 0 Å². The molecule has 0 unspecified atom stereocenters. The maximum atomic E-state index is 11.4. The second-order valence-electron chi connectivity index (χ2n) is 3.10. The van der Waals surface area contributed by atoms with Crippen molar-refractivity contribution in [2.45, 2.75) is 0 Å². The minimum absolute atomic E-state index is 0.0411. The van der Waals surface area contributed by atoms with Gasteiger partial charge in [0.05, 0.1) is 13.2 Å². The zero-order valence-corrected chi connectivity index (χ0v) is 10.6. The van der Waals surface area contributed by atoms with Gasteiger partial charge in [-0.15, -0.1) is 0 Å². The minimum atomic E-state index is -0.168. The van der Waals surface area contributed by atoms with Crippen molar-refractivity contribution < 1.29 is 14.3 Å². The average molecular weight is 288 g/mol. The molecule has 4 nitrogen and oxygen atoms in total. The Labute approximate surface area is 103 Å². The van der Waals surface area contributed by atoms with Crippen LogP contribution in [0.2, 0.25) is 0 Å². The number of carbonyl (C=O) groups excluding carboxylic acids is 1. The first kappa shape index (κ1) is 13.2. The third kappa shape index (κ3) is 5.25. The number of ether oxygens (including phenoxy) is 2. The molecule has 0 bridgehead atoms. The summed E-state index contributed by atoms with van der Waals surface area (Å²) < 4.78 is 10.9. The van der Waals surface area contributed by atoms with Crippen molar-refractivity contribution in [3.63, 3.8) is 0 Å². The fourth-order valence-electron chi connectivity index (χ4n) is 1.04. The van der Waals surface area contributed by atoms with Gasteiger partial charge >= 0.3 is 0 Å². The van der Waals surface area contributed by atoms with Crippen LogP contribution in [0.5, 0.6) is 0 Å². The summed E-state index contributed by atoms with van der Waals surface area (Å²) in [5.74, 6) is -0.168. The Morgan fingerprint density at radius 1 is 1.31 bits per heavy atom. The summed E-state index contributed by atoms with van der Waals surface area (Å²) in [6.07, 6.45) is 0. The average Bonchev–Trinajstić information content (AvgIpc) is 2.28. The number of methoxy groups -OCH3 is 1. The standard InChI is InChI=1S/C11H14BrNO3/c1-15-6-7-16-8-11(14)13-10-4-2-9(12)3-5-10/h2-5H,6-8H2,1H3,(H,13,14). The quantitative estimate of drug-likeness (QED) is 0.815. The SMILES string of the molecule is COCCOCC(=O)Nc1ccc(Br)cc1. The molecule has 1 aromatic rings. The minimum Gasteiger partial charge on any atom is -0.382 e. The van der Waals surface area contributed by atoms with Crippen LogP contribution < -0.4 is 5.32 Å². The first-order chi connectivity index (χ1) is 7.72. The van der Waals surface area contributed by atoms with E-state index in [1.165, 1.54) is 0 Å². The van der Waals surface area contributed by atoms with E-state index < -0.39 is 0 Å². The number of anilines is 1. The smallest absolute Gasteiger partial charge is 0.250 e. The zero-order chi connectivity index (χ0) is 11.8. The Bertz CT molecular complexity index is 327. The second kappa shape index (κ2) is 7.38. The molecule has 1 aromatic carbocycles. The Hall–Kier alpha value is -0.910. The normalized spacial score (nSPS) is 10.1. The Morgan fingerprint density at radius 3 is 2.62 bits per heavy atom. The summed E-state index contributed by atoms with van der Waals surface area (Å²) in [5, 5.41) is 2.72. The molecule has 0 fully saturated rings. The maximum Gasteiger partial charge on any atom is 0.250 e. The molecule has 0 aliphatic carbocycles. The van der Waals surface area contributed by atoms with Crippen LogP contribution in [0.4, 0.5) is 5.69 Å². The lowest BCUT2D eigenvalue weighted by molar-refractivity contribution is -0.121. The van der Waals surface area contributed by atoms with Crippen molar-refractivity contribution in [2.75, 3.05) is 32.2 Å². The van der Waals surface area contributed by atoms with Gasteiger partial charge in [0.2, 0.25) is 5.91 Å². The van der Waals surface area contributed by atoms with Crippen LogP contribution in [0.15, 0.2) is 28.7 Å². The summed E-state index contributed by atoms with van der Waals surface area (Å²) >= 11 is 3.32. The lowest BCUT2D eigenvalue weighted by Crippen LogP contribution is -2.19. The van der Waals surface area contributed by atoms with Crippen LogP contribution in [-0.2, 0) is 14.3 Å². The van der Waals surface area contributed by atoms with E-state index in [9.17, 15) is 4.79 Å². The molecule has 0 spiro atoms. The predicted molar refractivity (Wildman–Crippen MR) is 65.5 cm³/mol. The van der Waals surface area contributed by atoms with E-state index in [2.05, 4.69) is 21.2 Å². The van der Waals surface area contributed by atoms with Gasteiger partial charge < -0.3 is 14.8 Å². The first-order valence-corrected chi connectivity index (χ1v) is 5.64. The van der Waals surface area contributed by atoms with Gasteiger partial charge in [-0.1, -0.05) is 15.9 Å². The lowest BCUT2D eigenvalue weighted by Gasteiger charge is -2.05. The number of hydrogen-bond acceptors (Lipinski definition) is 3. The highest BCUT2D eigenvalue weighted by atomic mass is 79.9. The van der Waals surface area contributed by atoms with Crippen LogP contribution in [0.1, 0.15) is 0 Å². The van der Waals surface area contributed by atoms with Gasteiger partial charge in [-0.25, -0.2) is 0 Å². The molecular weight excluding hydrogens is 274 g/mol. The summed E-state index contributed by atoms with van der Waals surface area (Å²) in [6, 6.07) is 7.36. The Balaban J connectivity index is 2.26. The number of hydrogen-bond donors (Lipinski definition) is 1. The third-order valence-electron chi connectivity index (χ3n) is 1.79. The molecule has 0 aromatic heterocycles. The molecule has 16 heavy (non-hydrogen) atoms. The number of benzene rings is 1. The van der Waals surface area contributed by atoms with Gasteiger partial charge in [0.1, 0.15) is 6.61 Å². The molecule has 0 radical (unpaired) electrons. The highest BCUT2D eigenvalue weighted by molar-refractivity contribution is 9.10. The van der Waals surface area contributed by atoms with Gasteiger partial charge in [-0.3, -0.25) is 4.79 Å². The van der Waals surface area contributed by atoms with E-state index >= 15 is 0 Å². The molecule has 0 aliphatic heterocycles. The van der Waals surface area contributed by atoms with E-state index in [0.29, 0.717) is 13.2 Å². The van der Waals surface area contributed by atoms with Crippen molar-refractivity contribution in [1.29, 1.82) is 0 Å². The number of amides is 1. The molecule has 1 amide bonds. The van der Waals surface area contributed by atoms with E-state index in [1.807, 2.05) is 24.3 Å². The number of rotatable bonds is 6. The van der Waals surface area contributed by atoms with Crippen LogP contribution in [0.25, 0.3) is 0 Å². The molecular formula is C11H14BrNO3. The number of halogens is 1. The van der Waals surface area contributed by atoms with Gasteiger partial charge in [0, 0.05) is 17.3 Å². The van der Waals surface area contributed by atoms with Gasteiger partial charge in [0.25, 0.3) is 0 Å². The molecule has 5 heteroatoms.